The van der Waals surface area contributed by atoms with Crippen molar-refractivity contribution in [3.05, 3.63) is 39.9 Å². The zero-order valence-electron chi connectivity index (χ0n) is 11.2. The van der Waals surface area contributed by atoms with E-state index in [2.05, 4.69) is 10.2 Å². The molecule has 0 aliphatic rings. The molecule has 1 unspecified atom stereocenters. The number of hydrogen-bond donors (Lipinski definition) is 1. The Morgan fingerprint density at radius 2 is 2.00 bits per heavy atom. The molecule has 20 heavy (non-hydrogen) atoms. The Bertz CT molecular complexity index is 448. The zero-order valence-corrected chi connectivity index (χ0v) is 11.2. The van der Waals surface area contributed by atoms with Crippen molar-refractivity contribution in [2.24, 2.45) is 0 Å². The number of esters is 1. The predicted octanol–water partition coefficient (Wildman–Crippen LogP) is 0.707. The maximum absolute atomic E-state index is 10.9. The van der Waals surface area contributed by atoms with E-state index < -0.39 is 16.9 Å². The molecule has 0 bridgehead atoms. The Morgan fingerprint density at radius 1 is 1.35 bits per heavy atom. The number of hydrogen-bond acceptors (Lipinski definition) is 7. The largest absolute Gasteiger partial charge is 0.497 e. The highest BCUT2D eigenvalue weighted by atomic mass is 16.7. The Balaban J connectivity index is 2.67. The summed E-state index contributed by atoms with van der Waals surface area (Å²) in [7, 11) is 2.75. The number of carbonyl (C=O) groups is 1. The van der Waals surface area contributed by atoms with E-state index >= 15 is 0 Å². The van der Waals surface area contributed by atoms with Crippen LogP contribution in [0.2, 0.25) is 0 Å². The van der Waals surface area contributed by atoms with Gasteiger partial charge in [-0.2, -0.15) is 5.48 Å². The van der Waals surface area contributed by atoms with E-state index in [1.165, 1.54) is 14.2 Å². The Kier molecular flexibility index (Phi) is 6.41. The quantitative estimate of drug-likeness (QED) is 0.426. The summed E-state index contributed by atoms with van der Waals surface area (Å²) in [6.45, 7) is -0.714. The maximum Gasteiger partial charge on any atom is 0.333 e. The van der Waals surface area contributed by atoms with Crippen LogP contribution in [0.25, 0.3) is 0 Å². The number of ether oxygens (including phenoxy) is 2. The molecule has 0 aromatic heterocycles. The van der Waals surface area contributed by atoms with Crippen LogP contribution in [0.4, 0.5) is 0 Å². The molecule has 0 radical (unpaired) electrons. The second kappa shape index (κ2) is 8.08. The molecular formula is C12H16N2O6. The highest BCUT2D eigenvalue weighted by Crippen LogP contribution is 2.18. The number of benzene rings is 1. The summed E-state index contributed by atoms with van der Waals surface area (Å²) in [4.78, 5) is 26.0. The van der Waals surface area contributed by atoms with Crippen LogP contribution in [0.5, 0.6) is 5.75 Å². The molecule has 0 heterocycles. The van der Waals surface area contributed by atoms with Gasteiger partial charge in [0.15, 0.2) is 6.61 Å². The fourth-order valence-electron chi connectivity index (χ4n) is 1.46. The van der Waals surface area contributed by atoms with Gasteiger partial charge in [0.05, 0.1) is 14.2 Å². The normalized spacial score (nSPS) is 11.7. The molecular weight excluding hydrogens is 268 g/mol. The van der Waals surface area contributed by atoms with Gasteiger partial charge in [0, 0.05) is 4.92 Å². The smallest absolute Gasteiger partial charge is 0.333 e. The van der Waals surface area contributed by atoms with Crippen LogP contribution in [0.15, 0.2) is 24.3 Å². The first-order chi connectivity index (χ1) is 9.56. The lowest BCUT2D eigenvalue weighted by atomic mass is 10.1. The highest BCUT2D eigenvalue weighted by molar-refractivity contribution is 5.70. The summed E-state index contributed by atoms with van der Waals surface area (Å²) in [6, 6.07) is 6.05. The molecule has 1 aromatic rings. The molecule has 1 atom stereocenters. The third-order valence-corrected chi connectivity index (χ3v) is 2.49. The van der Waals surface area contributed by atoms with E-state index in [0.29, 0.717) is 11.3 Å². The molecule has 0 amide bonds. The first-order valence-electron chi connectivity index (χ1n) is 5.76. The lowest BCUT2D eigenvalue weighted by Crippen LogP contribution is -2.30. The Hall–Kier alpha value is -2.19. The number of rotatable bonds is 8. The molecule has 0 saturated heterocycles. The number of methoxy groups -OCH3 is 2. The van der Waals surface area contributed by atoms with E-state index in [4.69, 9.17) is 9.57 Å². The summed E-state index contributed by atoms with van der Waals surface area (Å²) < 4.78 is 9.41. The van der Waals surface area contributed by atoms with Gasteiger partial charge in [-0.25, -0.2) is 4.79 Å². The third-order valence-electron chi connectivity index (χ3n) is 2.49. The van der Waals surface area contributed by atoms with E-state index in [1.807, 2.05) is 0 Å². The molecule has 8 heteroatoms. The second-order valence-corrected chi connectivity index (χ2v) is 3.82. The van der Waals surface area contributed by atoms with Crippen molar-refractivity contribution in [1.82, 2.24) is 5.48 Å². The van der Waals surface area contributed by atoms with E-state index in [9.17, 15) is 14.9 Å². The number of carbonyl (C=O) groups excluding carboxylic acids is 1. The van der Waals surface area contributed by atoms with Crippen LogP contribution in [0.1, 0.15) is 11.6 Å². The van der Waals surface area contributed by atoms with Gasteiger partial charge in [0.25, 0.3) is 0 Å². The van der Waals surface area contributed by atoms with Gasteiger partial charge in [0.1, 0.15) is 11.8 Å². The fraction of sp³-hybridized carbons (Fsp3) is 0.417. The van der Waals surface area contributed by atoms with Gasteiger partial charge < -0.3 is 9.47 Å². The molecule has 0 aliphatic heterocycles. The monoisotopic (exact) mass is 284 g/mol. The van der Waals surface area contributed by atoms with Crippen LogP contribution in [0.3, 0.4) is 0 Å². The van der Waals surface area contributed by atoms with Gasteiger partial charge in [-0.15, -0.1) is 0 Å². The topological polar surface area (TPSA) is 99.9 Å². The van der Waals surface area contributed by atoms with Crippen molar-refractivity contribution in [3.63, 3.8) is 0 Å². The lowest BCUT2D eigenvalue weighted by molar-refractivity contribution is -0.486. The first kappa shape index (κ1) is 15.9. The van der Waals surface area contributed by atoms with Crippen molar-refractivity contribution < 1.29 is 24.0 Å². The van der Waals surface area contributed by atoms with Gasteiger partial charge in [-0.1, -0.05) is 12.1 Å². The van der Waals surface area contributed by atoms with Crippen molar-refractivity contribution in [3.8, 4) is 5.75 Å². The zero-order chi connectivity index (χ0) is 15.0. The van der Waals surface area contributed by atoms with Crippen LogP contribution in [0, 0.1) is 10.1 Å². The van der Waals surface area contributed by atoms with Crippen molar-refractivity contribution in [2.45, 2.75) is 6.04 Å². The van der Waals surface area contributed by atoms with Crippen LogP contribution in [-0.4, -0.2) is 38.3 Å². The average Bonchev–Trinajstić information content (AvgIpc) is 2.45. The summed E-state index contributed by atoms with van der Waals surface area (Å²) in [5.74, 6) is 0.0659. The van der Waals surface area contributed by atoms with Gasteiger partial charge in [-0.3, -0.25) is 15.0 Å². The molecule has 1 aromatic carbocycles. The predicted molar refractivity (Wildman–Crippen MR) is 68.7 cm³/mol. The minimum atomic E-state index is -0.680. The van der Waals surface area contributed by atoms with Crippen LogP contribution in [-0.2, 0) is 14.4 Å². The molecule has 1 rings (SSSR count). The summed E-state index contributed by atoms with van der Waals surface area (Å²) >= 11 is 0. The Labute approximate surface area is 115 Å². The van der Waals surface area contributed by atoms with Gasteiger partial charge >= 0.3 is 5.97 Å². The number of nitrogens with one attached hydrogen (secondary N) is 1. The van der Waals surface area contributed by atoms with Crippen LogP contribution >= 0.6 is 0 Å². The molecule has 0 fully saturated rings. The first-order valence-corrected chi connectivity index (χ1v) is 5.76. The van der Waals surface area contributed by atoms with Crippen LogP contribution < -0.4 is 10.2 Å². The second-order valence-electron chi connectivity index (χ2n) is 3.82. The highest BCUT2D eigenvalue weighted by Gasteiger charge is 2.18. The van der Waals surface area contributed by atoms with Crippen molar-refractivity contribution >= 4 is 5.97 Å². The molecule has 0 aliphatic carbocycles. The number of nitro groups is 1. The summed E-state index contributed by atoms with van der Waals surface area (Å²) in [6.07, 6.45) is 0. The molecule has 1 N–H and O–H groups in total. The molecule has 8 nitrogen and oxygen atoms in total. The van der Waals surface area contributed by atoms with E-state index in [0.717, 1.165) is 0 Å². The van der Waals surface area contributed by atoms with E-state index in [1.54, 1.807) is 24.3 Å². The minimum absolute atomic E-state index is 0.332. The standard InChI is InChI=1S/C12H16N2O6/c1-18-10-5-3-9(4-6-10)11(7-14(16)17)13-20-8-12(15)19-2/h3-6,11,13H,7-8H2,1-2H3. The summed E-state index contributed by atoms with van der Waals surface area (Å²) in [5.41, 5.74) is 3.13. The molecule has 0 spiro atoms. The minimum Gasteiger partial charge on any atom is -0.497 e. The number of nitrogens with zero attached hydrogens (tertiary/aromatic N) is 1. The molecule has 110 valence electrons. The van der Waals surface area contributed by atoms with Gasteiger partial charge in [-0.05, 0) is 17.7 Å². The Morgan fingerprint density at radius 3 is 2.50 bits per heavy atom. The van der Waals surface area contributed by atoms with Crippen molar-refractivity contribution in [1.29, 1.82) is 0 Å². The van der Waals surface area contributed by atoms with Crippen molar-refractivity contribution in [2.75, 3.05) is 27.4 Å². The fourth-order valence-corrected chi connectivity index (χ4v) is 1.46. The average molecular weight is 284 g/mol. The van der Waals surface area contributed by atoms with E-state index in [-0.39, 0.29) is 13.2 Å². The molecule has 0 saturated carbocycles. The van der Waals surface area contributed by atoms with Gasteiger partial charge in [0.2, 0.25) is 6.54 Å². The lowest BCUT2D eigenvalue weighted by Gasteiger charge is -2.15. The summed E-state index contributed by atoms with van der Waals surface area (Å²) in [5, 5.41) is 10.7. The number of hydroxylamine groups is 1. The SMILES string of the molecule is COC(=O)CONC(C[N+](=O)[O-])c1ccc(OC)cc1. The third kappa shape index (κ3) is 5.21. The maximum atomic E-state index is 10.9.